The molecule has 1 aromatic carbocycles. The molecule has 0 aromatic heterocycles. The Morgan fingerprint density at radius 1 is 1.26 bits per heavy atom. The van der Waals surface area contributed by atoms with Gasteiger partial charge in [0, 0.05) is 25.8 Å². The minimum absolute atomic E-state index is 0.0934. The Bertz CT molecular complexity index is 518. The van der Waals surface area contributed by atoms with Crippen LogP contribution in [0.4, 0.5) is 5.69 Å². The maximum Gasteiger partial charge on any atom is 0.243 e. The molecule has 19 heavy (non-hydrogen) atoms. The molecular formula is C13H22N2O3S. The molecule has 2 N–H and O–H groups in total. The second kappa shape index (κ2) is 6.36. The molecule has 1 aromatic rings. The van der Waals surface area contributed by atoms with Crippen LogP contribution < -0.4 is 5.32 Å². The van der Waals surface area contributed by atoms with Crippen molar-refractivity contribution in [3.8, 4) is 0 Å². The standard InChI is InChI=1S/C13H22N2O3S/c1-5-14-12-8-10(2)13(11(3)9-12)19(17,18)15(4)6-7-16/h8-9,14,16H,5-7H2,1-4H3. The Hall–Kier alpha value is -1.11. The van der Waals surface area contributed by atoms with Crippen LogP contribution in [-0.4, -0.2) is 44.6 Å². The first-order valence-corrected chi connectivity index (χ1v) is 7.71. The van der Waals surface area contributed by atoms with Crippen LogP contribution in [0.15, 0.2) is 17.0 Å². The number of aliphatic hydroxyl groups excluding tert-OH is 1. The highest BCUT2D eigenvalue weighted by Gasteiger charge is 2.24. The highest BCUT2D eigenvalue weighted by atomic mass is 32.2. The van der Waals surface area contributed by atoms with E-state index in [0.717, 1.165) is 12.2 Å². The fourth-order valence-corrected chi connectivity index (χ4v) is 3.65. The molecule has 0 heterocycles. The predicted molar refractivity (Wildman–Crippen MR) is 77.0 cm³/mol. The molecule has 0 unspecified atom stereocenters. The van der Waals surface area contributed by atoms with E-state index >= 15 is 0 Å². The van der Waals surface area contributed by atoms with Crippen LogP contribution in [0.2, 0.25) is 0 Å². The smallest absolute Gasteiger partial charge is 0.243 e. The van der Waals surface area contributed by atoms with Gasteiger partial charge in [0.15, 0.2) is 0 Å². The molecule has 0 radical (unpaired) electrons. The van der Waals surface area contributed by atoms with Gasteiger partial charge >= 0.3 is 0 Å². The first-order valence-electron chi connectivity index (χ1n) is 6.27. The maximum absolute atomic E-state index is 12.4. The lowest BCUT2D eigenvalue weighted by Crippen LogP contribution is -2.30. The lowest BCUT2D eigenvalue weighted by Gasteiger charge is -2.20. The van der Waals surface area contributed by atoms with Gasteiger partial charge in [-0.2, -0.15) is 4.31 Å². The summed E-state index contributed by atoms with van der Waals surface area (Å²) in [5.41, 5.74) is 2.34. The molecule has 5 nitrogen and oxygen atoms in total. The Kier molecular flexibility index (Phi) is 5.34. The third-order valence-corrected chi connectivity index (χ3v) is 5.09. The van der Waals surface area contributed by atoms with E-state index in [0.29, 0.717) is 16.0 Å². The topological polar surface area (TPSA) is 69.6 Å². The van der Waals surface area contributed by atoms with Crippen LogP contribution in [0.1, 0.15) is 18.1 Å². The average Bonchev–Trinajstić information content (AvgIpc) is 2.28. The molecule has 0 bridgehead atoms. The highest BCUT2D eigenvalue weighted by Crippen LogP contribution is 2.26. The largest absolute Gasteiger partial charge is 0.395 e. The van der Waals surface area contributed by atoms with Gasteiger partial charge in [0.2, 0.25) is 10.0 Å². The zero-order valence-electron chi connectivity index (χ0n) is 11.9. The quantitative estimate of drug-likeness (QED) is 0.828. The predicted octanol–water partition coefficient (Wildman–Crippen LogP) is 1.35. The third-order valence-electron chi connectivity index (χ3n) is 2.92. The molecule has 0 aliphatic carbocycles. The number of anilines is 1. The van der Waals surface area contributed by atoms with E-state index in [1.807, 2.05) is 19.1 Å². The van der Waals surface area contributed by atoms with Gasteiger partial charge in [0.05, 0.1) is 11.5 Å². The maximum atomic E-state index is 12.4. The lowest BCUT2D eigenvalue weighted by atomic mass is 10.1. The molecule has 0 fully saturated rings. The minimum Gasteiger partial charge on any atom is -0.395 e. The number of sulfonamides is 1. The molecule has 6 heteroatoms. The molecule has 108 valence electrons. The average molecular weight is 286 g/mol. The van der Waals surface area contributed by atoms with Crippen LogP contribution in [-0.2, 0) is 10.0 Å². The van der Waals surface area contributed by atoms with Crippen molar-refractivity contribution in [3.05, 3.63) is 23.3 Å². The Morgan fingerprint density at radius 2 is 1.79 bits per heavy atom. The van der Waals surface area contributed by atoms with Gasteiger partial charge in [-0.25, -0.2) is 8.42 Å². The fraction of sp³-hybridized carbons (Fsp3) is 0.538. The van der Waals surface area contributed by atoms with Gasteiger partial charge < -0.3 is 10.4 Å². The van der Waals surface area contributed by atoms with Crippen LogP contribution in [0.25, 0.3) is 0 Å². The SMILES string of the molecule is CCNc1cc(C)c(S(=O)(=O)N(C)CCO)c(C)c1. The first-order chi connectivity index (χ1) is 8.84. The second-order valence-corrected chi connectivity index (χ2v) is 6.50. The minimum atomic E-state index is -3.55. The molecule has 0 aliphatic heterocycles. The Balaban J connectivity index is 3.28. The van der Waals surface area contributed by atoms with Gasteiger partial charge in [-0.3, -0.25) is 0 Å². The highest BCUT2D eigenvalue weighted by molar-refractivity contribution is 7.89. The summed E-state index contributed by atoms with van der Waals surface area (Å²) in [4.78, 5) is 0.324. The molecule has 1 rings (SSSR count). The Morgan fingerprint density at radius 3 is 2.21 bits per heavy atom. The summed E-state index contributed by atoms with van der Waals surface area (Å²) in [6.07, 6.45) is 0. The van der Waals surface area contributed by atoms with E-state index < -0.39 is 10.0 Å². The summed E-state index contributed by atoms with van der Waals surface area (Å²) in [6, 6.07) is 3.66. The van der Waals surface area contributed by atoms with E-state index in [4.69, 9.17) is 5.11 Å². The summed E-state index contributed by atoms with van der Waals surface area (Å²) in [7, 11) is -2.07. The van der Waals surface area contributed by atoms with Crippen molar-refractivity contribution in [2.75, 3.05) is 32.1 Å². The number of nitrogens with zero attached hydrogens (tertiary/aromatic N) is 1. The van der Waals surface area contributed by atoms with Crippen LogP contribution in [0.3, 0.4) is 0 Å². The zero-order chi connectivity index (χ0) is 14.6. The fourth-order valence-electron chi connectivity index (χ4n) is 2.08. The molecule has 0 saturated carbocycles. The molecular weight excluding hydrogens is 264 g/mol. The second-order valence-electron chi connectivity index (χ2n) is 4.52. The summed E-state index contributed by atoms with van der Waals surface area (Å²) >= 11 is 0. The summed E-state index contributed by atoms with van der Waals surface area (Å²) in [5, 5.41) is 12.1. The van der Waals surface area contributed by atoms with Crippen molar-refractivity contribution in [3.63, 3.8) is 0 Å². The summed E-state index contributed by atoms with van der Waals surface area (Å²) in [6.45, 7) is 6.25. The number of aliphatic hydroxyl groups is 1. The molecule has 0 aliphatic rings. The first kappa shape index (κ1) is 15.9. The summed E-state index contributed by atoms with van der Waals surface area (Å²) < 4.78 is 26.0. The van der Waals surface area contributed by atoms with E-state index in [1.54, 1.807) is 13.8 Å². The number of rotatable bonds is 6. The van der Waals surface area contributed by atoms with Crippen molar-refractivity contribution in [2.45, 2.75) is 25.7 Å². The third kappa shape index (κ3) is 3.46. The van der Waals surface area contributed by atoms with Gasteiger partial charge in [-0.05, 0) is 44.0 Å². The van der Waals surface area contributed by atoms with Gasteiger partial charge in [-0.15, -0.1) is 0 Å². The zero-order valence-corrected chi connectivity index (χ0v) is 12.7. The number of hydrogen-bond donors (Lipinski definition) is 2. The van der Waals surface area contributed by atoms with Crippen molar-refractivity contribution in [1.82, 2.24) is 4.31 Å². The molecule has 0 spiro atoms. The van der Waals surface area contributed by atoms with Crippen LogP contribution in [0, 0.1) is 13.8 Å². The van der Waals surface area contributed by atoms with Crippen LogP contribution in [0.5, 0.6) is 0 Å². The monoisotopic (exact) mass is 286 g/mol. The van der Waals surface area contributed by atoms with Crippen LogP contribution >= 0.6 is 0 Å². The van der Waals surface area contributed by atoms with E-state index in [2.05, 4.69) is 5.32 Å². The van der Waals surface area contributed by atoms with Gasteiger partial charge in [0.25, 0.3) is 0 Å². The van der Waals surface area contributed by atoms with E-state index in [1.165, 1.54) is 11.4 Å². The van der Waals surface area contributed by atoms with E-state index in [9.17, 15) is 8.42 Å². The lowest BCUT2D eigenvalue weighted by molar-refractivity contribution is 0.266. The summed E-state index contributed by atoms with van der Waals surface area (Å²) in [5.74, 6) is 0. The van der Waals surface area contributed by atoms with Crippen molar-refractivity contribution in [1.29, 1.82) is 0 Å². The van der Waals surface area contributed by atoms with Gasteiger partial charge in [-0.1, -0.05) is 0 Å². The molecule has 0 amide bonds. The van der Waals surface area contributed by atoms with Gasteiger partial charge in [0.1, 0.15) is 0 Å². The number of likely N-dealkylation sites (N-methyl/N-ethyl adjacent to an activating group) is 1. The number of benzene rings is 1. The normalized spacial score (nSPS) is 11.9. The molecule has 0 saturated heterocycles. The van der Waals surface area contributed by atoms with E-state index in [-0.39, 0.29) is 13.2 Å². The van der Waals surface area contributed by atoms with Crippen molar-refractivity contribution < 1.29 is 13.5 Å². The number of hydrogen-bond acceptors (Lipinski definition) is 4. The molecule has 0 atom stereocenters. The number of aryl methyl sites for hydroxylation is 2. The Labute approximate surface area is 115 Å². The number of nitrogens with one attached hydrogen (secondary N) is 1. The van der Waals surface area contributed by atoms with Crippen molar-refractivity contribution >= 4 is 15.7 Å². The van der Waals surface area contributed by atoms with Crippen molar-refractivity contribution in [2.24, 2.45) is 0 Å².